The molecule has 0 radical (unpaired) electrons. The van der Waals surface area contributed by atoms with Gasteiger partial charge in [-0.1, -0.05) is 48.0 Å². The maximum absolute atomic E-state index is 13.4. The summed E-state index contributed by atoms with van der Waals surface area (Å²) in [6.07, 6.45) is 1.49. The maximum Gasteiger partial charge on any atom is 0.261 e. The molecule has 4 aromatic rings. The first-order chi connectivity index (χ1) is 13.4. The van der Waals surface area contributed by atoms with Crippen molar-refractivity contribution >= 4 is 26.6 Å². The molecule has 4 nitrogen and oxygen atoms in total. The molecular weight excluding hydrogens is 375 g/mol. The first-order valence-electron chi connectivity index (χ1n) is 8.67. The average Bonchev–Trinajstić information content (AvgIpc) is 2.69. The van der Waals surface area contributed by atoms with Gasteiger partial charge in [0.25, 0.3) is 10.0 Å². The van der Waals surface area contributed by atoms with E-state index in [4.69, 9.17) is 0 Å². The van der Waals surface area contributed by atoms with Gasteiger partial charge >= 0.3 is 0 Å². The Labute approximate surface area is 162 Å². The van der Waals surface area contributed by atoms with Crippen LogP contribution in [0.2, 0.25) is 0 Å². The van der Waals surface area contributed by atoms with Crippen LogP contribution in [0.25, 0.3) is 22.0 Å². The highest BCUT2D eigenvalue weighted by Gasteiger charge is 2.19. The average molecular weight is 392 g/mol. The van der Waals surface area contributed by atoms with Crippen molar-refractivity contribution in [3.05, 3.63) is 90.4 Å². The number of halogens is 1. The number of pyridine rings is 1. The molecule has 1 N–H and O–H groups in total. The lowest BCUT2D eigenvalue weighted by Crippen LogP contribution is -2.14. The highest BCUT2D eigenvalue weighted by Crippen LogP contribution is 2.35. The van der Waals surface area contributed by atoms with Crippen LogP contribution in [0.15, 0.2) is 83.9 Å². The van der Waals surface area contributed by atoms with Crippen LogP contribution in [0.1, 0.15) is 5.56 Å². The number of aromatic nitrogens is 1. The van der Waals surface area contributed by atoms with Gasteiger partial charge in [-0.25, -0.2) is 12.8 Å². The van der Waals surface area contributed by atoms with Crippen LogP contribution in [0.4, 0.5) is 10.1 Å². The minimum atomic E-state index is -3.80. The quantitative estimate of drug-likeness (QED) is 0.522. The zero-order valence-corrected chi connectivity index (χ0v) is 15.9. The van der Waals surface area contributed by atoms with Gasteiger partial charge in [0, 0.05) is 10.9 Å². The number of nitrogens with zero attached hydrogens (tertiary/aromatic N) is 1. The van der Waals surface area contributed by atoms with Crippen molar-refractivity contribution in [2.24, 2.45) is 0 Å². The summed E-state index contributed by atoms with van der Waals surface area (Å²) in [4.78, 5) is 4.54. The van der Waals surface area contributed by atoms with Gasteiger partial charge in [0.1, 0.15) is 5.82 Å². The second kappa shape index (κ2) is 7.05. The van der Waals surface area contributed by atoms with Gasteiger partial charge in [-0.05, 0) is 42.8 Å². The predicted octanol–water partition coefficient (Wildman–Crippen LogP) is 5.15. The molecule has 0 atom stereocenters. The van der Waals surface area contributed by atoms with Crippen LogP contribution in [0, 0.1) is 12.7 Å². The molecule has 140 valence electrons. The molecule has 0 saturated carbocycles. The Hall–Kier alpha value is -3.25. The van der Waals surface area contributed by atoms with Gasteiger partial charge in [-0.3, -0.25) is 9.71 Å². The Bertz CT molecular complexity index is 1250. The highest BCUT2D eigenvalue weighted by atomic mass is 32.2. The summed E-state index contributed by atoms with van der Waals surface area (Å²) in [5, 5.41) is 0.776. The van der Waals surface area contributed by atoms with Crippen LogP contribution < -0.4 is 4.72 Å². The van der Waals surface area contributed by atoms with E-state index >= 15 is 0 Å². The van der Waals surface area contributed by atoms with Crippen molar-refractivity contribution in [2.45, 2.75) is 11.8 Å². The Morgan fingerprint density at radius 3 is 2.29 bits per heavy atom. The summed E-state index contributed by atoms with van der Waals surface area (Å²) >= 11 is 0. The molecule has 0 spiro atoms. The molecule has 0 aliphatic carbocycles. The fourth-order valence-corrected chi connectivity index (χ4v) is 4.12. The summed E-state index contributed by atoms with van der Waals surface area (Å²) in [5.74, 6) is -0.358. The van der Waals surface area contributed by atoms with E-state index in [1.807, 2.05) is 31.2 Å². The van der Waals surface area contributed by atoms with Crippen LogP contribution >= 0.6 is 0 Å². The zero-order chi connectivity index (χ0) is 19.7. The molecule has 3 aromatic carbocycles. The molecule has 0 saturated heterocycles. The molecule has 1 aromatic heterocycles. The van der Waals surface area contributed by atoms with Gasteiger partial charge in [0.05, 0.1) is 22.3 Å². The zero-order valence-electron chi connectivity index (χ0n) is 15.1. The fraction of sp³-hybridized carbons (Fsp3) is 0.0455. The van der Waals surface area contributed by atoms with Crippen molar-refractivity contribution in [1.29, 1.82) is 0 Å². The SMILES string of the molecule is Cc1ccc(S(=O)(=O)Nc2cnc3ccccc3c2-c2ccc(F)cc2)cc1. The Morgan fingerprint density at radius 2 is 1.57 bits per heavy atom. The second-order valence-corrected chi connectivity index (χ2v) is 8.17. The van der Waals surface area contributed by atoms with Crippen molar-refractivity contribution < 1.29 is 12.8 Å². The van der Waals surface area contributed by atoms with E-state index in [-0.39, 0.29) is 10.7 Å². The molecule has 28 heavy (non-hydrogen) atoms. The van der Waals surface area contributed by atoms with Gasteiger partial charge in [-0.15, -0.1) is 0 Å². The number of aryl methyl sites for hydroxylation is 1. The number of nitrogens with one attached hydrogen (secondary N) is 1. The molecule has 0 aliphatic rings. The molecule has 0 unspecified atom stereocenters. The van der Waals surface area contributed by atoms with E-state index in [9.17, 15) is 12.8 Å². The van der Waals surface area contributed by atoms with Crippen LogP contribution in [0.3, 0.4) is 0 Å². The third-order valence-corrected chi connectivity index (χ3v) is 5.87. The second-order valence-electron chi connectivity index (χ2n) is 6.49. The minimum Gasteiger partial charge on any atom is -0.277 e. The molecular formula is C22H17FN2O2S. The Kier molecular flexibility index (Phi) is 4.57. The topological polar surface area (TPSA) is 59.1 Å². The van der Waals surface area contributed by atoms with Crippen molar-refractivity contribution in [3.63, 3.8) is 0 Å². The van der Waals surface area contributed by atoms with Crippen LogP contribution in [-0.4, -0.2) is 13.4 Å². The monoisotopic (exact) mass is 392 g/mol. The first-order valence-corrected chi connectivity index (χ1v) is 10.2. The summed E-state index contributed by atoms with van der Waals surface area (Å²) in [5.41, 5.74) is 3.38. The lowest BCUT2D eigenvalue weighted by Gasteiger charge is -2.15. The van der Waals surface area contributed by atoms with E-state index in [0.717, 1.165) is 16.5 Å². The fourth-order valence-electron chi connectivity index (χ4n) is 3.07. The molecule has 0 amide bonds. The third kappa shape index (κ3) is 3.46. The summed E-state index contributed by atoms with van der Waals surface area (Å²) in [6, 6.07) is 20.0. The van der Waals surface area contributed by atoms with Gasteiger partial charge in [-0.2, -0.15) is 0 Å². The molecule has 0 aliphatic heterocycles. The van der Waals surface area contributed by atoms with Crippen molar-refractivity contribution in [3.8, 4) is 11.1 Å². The smallest absolute Gasteiger partial charge is 0.261 e. The number of hydrogen-bond donors (Lipinski definition) is 1. The lowest BCUT2D eigenvalue weighted by atomic mass is 10.00. The normalized spacial score (nSPS) is 11.5. The maximum atomic E-state index is 13.4. The molecule has 0 bridgehead atoms. The largest absolute Gasteiger partial charge is 0.277 e. The molecule has 0 fully saturated rings. The minimum absolute atomic E-state index is 0.163. The van der Waals surface area contributed by atoms with Gasteiger partial charge in [0.2, 0.25) is 0 Å². The van der Waals surface area contributed by atoms with E-state index in [0.29, 0.717) is 16.8 Å². The van der Waals surface area contributed by atoms with E-state index in [2.05, 4.69) is 9.71 Å². The summed E-state index contributed by atoms with van der Waals surface area (Å²) in [7, 11) is -3.80. The van der Waals surface area contributed by atoms with E-state index in [1.165, 1.54) is 18.3 Å². The number of anilines is 1. The molecule has 1 heterocycles. The van der Waals surface area contributed by atoms with E-state index in [1.54, 1.807) is 36.4 Å². The third-order valence-electron chi connectivity index (χ3n) is 4.48. The summed E-state index contributed by atoms with van der Waals surface area (Å²) in [6.45, 7) is 1.89. The number of fused-ring (bicyclic) bond motifs is 1. The number of sulfonamides is 1. The van der Waals surface area contributed by atoms with Crippen LogP contribution in [-0.2, 0) is 10.0 Å². The number of hydrogen-bond acceptors (Lipinski definition) is 3. The van der Waals surface area contributed by atoms with Crippen LogP contribution in [0.5, 0.6) is 0 Å². The Morgan fingerprint density at radius 1 is 0.893 bits per heavy atom. The summed E-state index contributed by atoms with van der Waals surface area (Å²) < 4.78 is 41.8. The number of para-hydroxylation sites is 1. The molecule has 6 heteroatoms. The van der Waals surface area contributed by atoms with Crippen molar-refractivity contribution in [1.82, 2.24) is 4.98 Å². The lowest BCUT2D eigenvalue weighted by molar-refractivity contribution is 0.601. The standard InChI is InChI=1S/C22H17FN2O2S/c1-15-6-12-18(13-7-15)28(26,27)25-21-14-24-20-5-3-2-4-19(20)22(21)16-8-10-17(23)11-9-16/h2-14,25H,1H3. The predicted molar refractivity (Wildman–Crippen MR) is 109 cm³/mol. The Balaban J connectivity index is 1.88. The number of benzene rings is 3. The first kappa shape index (κ1) is 18.1. The van der Waals surface area contributed by atoms with Gasteiger partial charge < -0.3 is 0 Å². The van der Waals surface area contributed by atoms with E-state index < -0.39 is 10.0 Å². The van der Waals surface area contributed by atoms with Gasteiger partial charge in [0.15, 0.2) is 0 Å². The molecule has 4 rings (SSSR count). The number of rotatable bonds is 4. The van der Waals surface area contributed by atoms with Crippen molar-refractivity contribution in [2.75, 3.05) is 4.72 Å². The highest BCUT2D eigenvalue weighted by molar-refractivity contribution is 7.92.